The van der Waals surface area contributed by atoms with Crippen LogP contribution < -0.4 is 10.6 Å². The van der Waals surface area contributed by atoms with Gasteiger partial charge in [0.15, 0.2) is 0 Å². The van der Waals surface area contributed by atoms with Crippen LogP contribution in [0.1, 0.15) is 44.1 Å². The van der Waals surface area contributed by atoms with Crippen molar-refractivity contribution in [3.05, 3.63) is 35.6 Å². The minimum Gasteiger partial charge on any atom is -0.350 e. The summed E-state index contributed by atoms with van der Waals surface area (Å²) in [5, 5.41) is 5.65. The lowest BCUT2D eigenvalue weighted by molar-refractivity contribution is -0.147. The number of rotatable bonds is 5. The van der Waals surface area contributed by atoms with Gasteiger partial charge in [-0.1, -0.05) is 12.1 Å². The van der Waals surface area contributed by atoms with Crippen molar-refractivity contribution in [1.29, 1.82) is 0 Å². The SMILES string of the molecule is O=C(CNC(=O)C12CC3CC(CC(C3)C1)C2)NCc1ccc(F)cc1. The van der Waals surface area contributed by atoms with Crippen LogP contribution in [0.3, 0.4) is 0 Å². The molecule has 0 radical (unpaired) electrons. The largest absolute Gasteiger partial charge is 0.350 e. The van der Waals surface area contributed by atoms with E-state index in [0.29, 0.717) is 24.3 Å². The van der Waals surface area contributed by atoms with Crippen molar-refractivity contribution >= 4 is 11.8 Å². The van der Waals surface area contributed by atoms with Crippen LogP contribution in [0.15, 0.2) is 24.3 Å². The molecule has 25 heavy (non-hydrogen) atoms. The molecule has 0 aliphatic heterocycles. The van der Waals surface area contributed by atoms with E-state index in [4.69, 9.17) is 0 Å². The van der Waals surface area contributed by atoms with Crippen LogP contribution in [0.25, 0.3) is 0 Å². The third kappa shape index (κ3) is 3.42. The fraction of sp³-hybridized carbons (Fsp3) is 0.600. The molecule has 1 aromatic carbocycles. The van der Waals surface area contributed by atoms with Gasteiger partial charge in [0.2, 0.25) is 11.8 Å². The maximum Gasteiger partial charge on any atom is 0.239 e. The van der Waals surface area contributed by atoms with E-state index >= 15 is 0 Å². The first kappa shape index (κ1) is 16.6. The number of benzene rings is 1. The lowest BCUT2D eigenvalue weighted by Gasteiger charge is -2.55. The minimum absolute atomic E-state index is 0.0157. The van der Waals surface area contributed by atoms with Crippen LogP contribution in [0.4, 0.5) is 4.39 Å². The maximum atomic E-state index is 12.9. The second-order valence-corrected chi connectivity index (χ2v) is 8.28. The summed E-state index contributed by atoms with van der Waals surface area (Å²) in [6.07, 6.45) is 6.89. The van der Waals surface area contributed by atoms with Gasteiger partial charge in [0.05, 0.1) is 6.54 Å². The highest BCUT2D eigenvalue weighted by molar-refractivity contribution is 5.88. The molecule has 5 rings (SSSR count). The van der Waals surface area contributed by atoms with E-state index in [1.165, 1.54) is 31.4 Å². The number of hydrogen-bond donors (Lipinski definition) is 2. The Bertz CT molecular complexity index is 635. The molecule has 0 unspecified atom stereocenters. The molecule has 4 bridgehead atoms. The third-order valence-electron chi connectivity index (χ3n) is 6.33. The molecular formula is C20H25FN2O2. The zero-order valence-corrected chi connectivity index (χ0v) is 14.4. The lowest BCUT2D eigenvalue weighted by Crippen LogP contribution is -2.54. The molecule has 4 saturated carbocycles. The van der Waals surface area contributed by atoms with E-state index in [1.54, 1.807) is 12.1 Å². The predicted molar refractivity (Wildman–Crippen MR) is 91.9 cm³/mol. The Hall–Kier alpha value is -1.91. The second kappa shape index (κ2) is 6.43. The van der Waals surface area contributed by atoms with Gasteiger partial charge in [0, 0.05) is 12.0 Å². The van der Waals surface area contributed by atoms with Gasteiger partial charge in [-0.05, 0) is 74.0 Å². The molecule has 5 heteroatoms. The van der Waals surface area contributed by atoms with Crippen molar-refractivity contribution in [3.63, 3.8) is 0 Å². The second-order valence-electron chi connectivity index (χ2n) is 8.28. The van der Waals surface area contributed by atoms with E-state index in [9.17, 15) is 14.0 Å². The zero-order valence-electron chi connectivity index (χ0n) is 14.4. The number of hydrogen-bond acceptors (Lipinski definition) is 2. The molecule has 2 N–H and O–H groups in total. The van der Waals surface area contributed by atoms with Crippen molar-refractivity contribution in [2.45, 2.75) is 45.1 Å². The molecule has 1 aromatic rings. The molecule has 4 nitrogen and oxygen atoms in total. The Labute approximate surface area is 147 Å². The van der Waals surface area contributed by atoms with Crippen molar-refractivity contribution in [3.8, 4) is 0 Å². The average Bonchev–Trinajstić information content (AvgIpc) is 2.58. The van der Waals surface area contributed by atoms with Crippen LogP contribution >= 0.6 is 0 Å². The van der Waals surface area contributed by atoms with Crippen LogP contribution in [0.5, 0.6) is 0 Å². The molecule has 0 spiro atoms. The summed E-state index contributed by atoms with van der Waals surface area (Å²) in [6.45, 7) is 0.355. The fourth-order valence-corrected chi connectivity index (χ4v) is 5.60. The van der Waals surface area contributed by atoms with Crippen LogP contribution in [0.2, 0.25) is 0 Å². The lowest BCUT2D eigenvalue weighted by atomic mass is 9.49. The van der Waals surface area contributed by atoms with Gasteiger partial charge < -0.3 is 10.6 Å². The van der Waals surface area contributed by atoms with Gasteiger partial charge in [0.1, 0.15) is 5.82 Å². The summed E-state index contributed by atoms with van der Waals surface area (Å²) in [5.41, 5.74) is 0.619. The van der Waals surface area contributed by atoms with Crippen molar-refractivity contribution in [2.75, 3.05) is 6.54 Å². The number of halogens is 1. The Morgan fingerprint density at radius 2 is 1.52 bits per heavy atom. The standard InChI is InChI=1S/C20H25FN2O2/c21-17-3-1-13(2-4-17)11-22-18(24)12-23-19(25)20-8-14-5-15(9-20)7-16(6-14)10-20/h1-4,14-16H,5-12H2,(H,22,24)(H,23,25). The maximum absolute atomic E-state index is 12.9. The van der Waals surface area contributed by atoms with E-state index in [-0.39, 0.29) is 29.6 Å². The van der Waals surface area contributed by atoms with Gasteiger partial charge in [-0.25, -0.2) is 4.39 Å². The number of amides is 2. The highest BCUT2D eigenvalue weighted by Gasteiger charge is 2.54. The smallest absolute Gasteiger partial charge is 0.239 e. The Balaban J connectivity index is 1.27. The highest BCUT2D eigenvalue weighted by Crippen LogP contribution is 2.60. The highest BCUT2D eigenvalue weighted by atomic mass is 19.1. The minimum atomic E-state index is -0.294. The van der Waals surface area contributed by atoms with Crippen LogP contribution in [-0.2, 0) is 16.1 Å². The van der Waals surface area contributed by atoms with Crippen molar-refractivity contribution in [1.82, 2.24) is 10.6 Å². The summed E-state index contributed by atoms with van der Waals surface area (Å²) >= 11 is 0. The quantitative estimate of drug-likeness (QED) is 0.863. The van der Waals surface area contributed by atoms with Gasteiger partial charge in [0.25, 0.3) is 0 Å². The summed E-state index contributed by atoms with van der Waals surface area (Å²) in [7, 11) is 0. The molecule has 0 aromatic heterocycles. The van der Waals surface area contributed by atoms with Gasteiger partial charge in [-0.15, -0.1) is 0 Å². The first-order valence-corrected chi connectivity index (χ1v) is 9.32. The molecule has 0 atom stereocenters. The summed E-state index contributed by atoms with van der Waals surface area (Å²) in [6, 6.07) is 6.03. The first-order valence-electron chi connectivity index (χ1n) is 9.32. The Morgan fingerprint density at radius 3 is 2.08 bits per heavy atom. The Kier molecular flexibility index (Phi) is 4.26. The van der Waals surface area contributed by atoms with Gasteiger partial charge in [-0.3, -0.25) is 9.59 Å². The molecule has 4 fully saturated rings. The monoisotopic (exact) mass is 344 g/mol. The fourth-order valence-electron chi connectivity index (χ4n) is 5.60. The average molecular weight is 344 g/mol. The summed E-state index contributed by atoms with van der Waals surface area (Å²) < 4.78 is 12.9. The summed E-state index contributed by atoms with van der Waals surface area (Å²) in [4.78, 5) is 24.8. The third-order valence-corrected chi connectivity index (χ3v) is 6.33. The molecule has 4 aliphatic rings. The number of carbonyl (C=O) groups is 2. The van der Waals surface area contributed by atoms with Crippen molar-refractivity contribution in [2.24, 2.45) is 23.2 Å². The molecular weight excluding hydrogens is 319 g/mol. The normalized spacial score (nSPS) is 32.4. The summed E-state index contributed by atoms with van der Waals surface area (Å²) in [5.74, 6) is 1.71. The molecule has 134 valence electrons. The molecule has 2 amide bonds. The number of carbonyl (C=O) groups excluding carboxylic acids is 2. The van der Waals surface area contributed by atoms with Crippen LogP contribution in [-0.4, -0.2) is 18.4 Å². The van der Waals surface area contributed by atoms with Crippen molar-refractivity contribution < 1.29 is 14.0 Å². The molecule has 0 heterocycles. The first-order chi connectivity index (χ1) is 12.0. The number of nitrogens with one attached hydrogen (secondary N) is 2. The molecule has 4 aliphatic carbocycles. The Morgan fingerprint density at radius 1 is 0.960 bits per heavy atom. The zero-order chi connectivity index (χ0) is 17.4. The topological polar surface area (TPSA) is 58.2 Å². The molecule has 0 saturated heterocycles. The van der Waals surface area contributed by atoms with E-state index in [1.807, 2.05) is 0 Å². The van der Waals surface area contributed by atoms with E-state index < -0.39 is 0 Å². The van der Waals surface area contributed by atoms with E-state index in [2.05, 4.69) is 10.6 Å². The predicted octanol–water partition coefficient (Wildman–Crippen LogP) is 2.77. The van der Waals surface area contributed by atoms with Gasteiger partial charge in [-0.2, -0.15) is 0 Å². The van der Waals surface area contributed by atoms with Gasteiger partial charge >= 0.3 is 0 Å². The van der Waals surface area contributed by atoms with Crippen LogP contribution in [0, 0.1) is 29.0 Å². The van der Waals surface area contributed by atoms with E-state index in [0.717, 1.165) is 24.8 Å².